The zero-order chi connectivity index (χ0) is 20.1. The molecule has 3 aromatic rings. The number of rotatable bonds is 5. The number of nitrogens with one attached hydrogen (secondary N) is 2. The second kappa shape index (κ2) is 8.21. The van der Waals surface area contributed by atoms with Gasteiger partial charge in [-0.2, -0.15) is 0 Å². The summed E-state index contributed by atoms with van der Waals surface area (Å²) in [6.45, 7) is 0. The van der Waals surface area contributed by atoms with E-state index in [1.807, 2.05) is 6.07 Å². The molecule has 146 valence electrons. The Kier molecular flexibility index (Phi) is 5.73. The van der Waals surface area contributed by atoms with Gasteiger partial charge in [0, 0.05) is 5.56 Å². The number of hydrogen-bond donors (Lipinski definition) is 2. The van der Waals surface area contributed by atoms with E-state index in [4.69, 9.17) is 4.42 Å². The van der Waals surface area contributed by atoms with Crippen molar-refractivity contribution in [2.75, 3.05) is 5.75 Å². The maximum atomic E-state index is 12.1. The largest absolute Gasteiger partial charge is 0.573 e. The fourth-order valence-corrected chi connectivity index (χ4v) is 2.72. The number of fused-ring (bicyclic) bond motifs is 1. The molecule has 28 heavy (non-hydrogen) atoms. The van der Waals surface area contributed by atoms with Crippen molar-refractivity contribution in [1.82, 2.24) is 15.8 Å². The normalized spacial score (nSPS) is 11.2. The second-order valence-electron chi connectivity index (χ2n) is 5.31. The molecule has 0 spiro atoms. The number of nitrogens with zero attached hydrogens (tertiary/aromatic N) is 1. The van der Waals surface area contributed by atoms with Gasteiger partial charge in [-0.25, -0.2) is 4.98 Å². The number of carbonyl (C=O) groups is 2. The molecule has 0 fully saturated rings. The maximum absolute atomic E-state index is 12.1. The summed E-state index contributed by atoms with van der Waals surface area (Å²) in [7, 11) is 0. The van der Waals surface area contributed by atoms with Crippen molar-refractivity contribution >= 4 is 34.7 Å². The molecule has 0 unspecified atom stereocenters. The molecule has 2 amide bonds. The average Bonchev–Trinajstić information content (AvgIpc) is 3.07. The molecule has 7 nitrogen and oxygen atoms in total. The quantitative estimate of drug-likeness (QED) is 0.494. The summed E-state index contributed by atoms with van der Waals surface area (Å²) in [6, 6.07) is 11.4. The highest BCUT2D eigenvalue weighted by Crippen LogP contribution is 2.23. The summed E-state index contributed by atoms with van der Waals surface area (Å²) in [4.78, 5) is 27.9. The molecular formula is C17H12F3N3O4S. The average molecular weight is 411 g/mol. The van der Waals surface area contributed by atoms with E-state index >= 15 is 0 Å². The molecule has 1 heterocycles. The number of amides is 2. The minimum Gasteiger partial charge on any atom is -0.431 e. The van der Waals surface area contributed by atoms with Gasteiger partial charge in [-0.3, -0.25) is 20.4 Å². The monoisotopic (exact) mass is 411 g/mol. The summed E-state index contributed by atoms with van der Waals surface area (Å²) in [5.74, 6) is -1.73. The molecular weight excluding hydrogens is 399 g/mol. The third-order valence-corrected chi connectivity index (χ3v) is 4.09. The first-order valence-electron chi connectivity index (χ1n) is 7.73. The molecule has 2 N–H and O–H groups in total. The predicted molar refractivity (Wildman–Crippen MR) is 93.5 cm³/mol. The molecule has 2 aromatic carbocycles. The summed E-state index contributed by atoms with van der Waals surface area (Å²) in [5.41, 5.74) is 5.66. The lowest BCUT2D eigenvalue weighted by Gasteiger charge is -2.10. The highest BCUT2D eigenvalue weighted by Gasteiger charge is 2.31. The molecule has 0 aliphatic carbocycles. The highest BCUT2D eigenvalue weighted by atomic mass is 32.2. The van der Waals surface area contributed by atoms with Crippen molar-refractivity contribution in [3.63, 3.8) is 0 Å². The number of aromatic nitrogens is 1. The standard InChI is InChI=1S/C17H12F3N3O4S/c18-17(19,20)27-11-7-5-10(6-8-11)15(25)23-22-14(24)9-28-16-21-12-3-1-2-4-13(12)26-16/h1-8H,9H2,(H,22,24)(H,23,25). The predicted octanol–water partition coefficient (Wildman–Crippen LogP) is 3.28. The van der Waals surface area contributed by atoms with Gasteiger partial charge in [0.25, 0.3) is 11.1 Å². The van der Waals surface area contributed by atoms with E-state index in [0.717, 1.165) is 36.0 Å². The lowest BCUT2D eigenvalue weighted by molar-refractivity contribution is -0.274. The Morgan fingerprint density at radius 2 is 1.79 bits per heavy atom. The smallest absolute Gasteiger partial charge is 0.431 e. The Morgan fingerprint density at radius 3 is 2.46 bits per heavy atom. The molecule has 0 aliphatic heterocycles. The van der Waals surface area contributed by atoms with Crippen molar-refractivity contribution in [2.45, 2.75) is 11.6 Å². The third-order valence-electron chi connectivity index (χ3n) is 3.27. The van der Waals surface area contributed by atoms with Gasteiger partial charge in [0.05, 0.1) is 5.75 Å². The summed E-state index contributed by atoms with van der Waals surface area (Å²) in [6.07, 6.45) is -4.82. The van der Waals surface area contributed by atoms with Crippen molar-refractivity contribution in [3.05, 3.63) is 54.1 Å². The number of para-hydroxylation sites is 2. The second-order valence-corrected chi connectivity index (χ2v) is 6.24. The van der Waals surface area contributed by atoms with Gasteiger partial charge in [0.2, 0.25) is 5.91 Å². The van der Waals surface area contributed by atoms with Gasteiger partial charge in [0.1, 0.15) is 11.3 Å². The zero-order valence-electron chi connectivity index (χ0n) is 13.9. The van der Waals surface area contributed by atoms with Crippen LogP contribution >= 0.6 is 11.8 Å². The number of oxazole rings is 1. The van der Waals surface area contributed by atoms with E-state index in [9.17, 15) is 22.8 Å². The van der Waals surface area contributed by atoms with Crippen LogP contribution in [0.15, 0.2) is 58.2 Å². The number of benzene rings is 2. The topological polar surface area (TPSA) is 93.5 Å². The number of halogens is 3. The number of carbonyl (C=O) groups excluding carboxylic acids is 2. The van der Waals surface area contributed by atoms with Gasteiger partial charge in [-0.05, 0) is 36.4 Å². The molecule has 0 saturated heterocycles. The third kappa shape index (κ3) is 5.39. The summed E-state index contributed by atoms with van der Waals surface area (Å²) >= 11 is 1.04. The minimum absolute atomic E-state index is 0.0430. The number of thioether (sulfide) groups is 1. The van der Waals surface area contributed by atoms with E-state index < -0.39 is 23.9 Å². The molecule has 0 aliphatic rings. The van der Waals surface area contributed by atoms with E-state index in [-0.39, 0.29) is 11.3 Å². The molecule has 3 rings (SSSR count). The van der Waals surface area contributed by atoms with Crippen LogP contribution in [0.25, 0.3) is 11.1 Å². The van der Waals surface area contributed by atoms with Crippen LogP contribution in [0.1, 0.15) is 10.4 Å². The first-order valence-corrected chi connectivity index (χ1v) is 8.72. The van der Waals surface area contributed by atoms with Crippen molar-refractivity contribution in [1.29, 1.82) is 0 Å². The van der Waals surface area contributed by atoms with Crippen molar-refractivity contribution in [2.24, 2.45) is 0 Å². The van der Waals surface area contributed by atoms with Gasteiger partial charge >= 0.3 is 6.36 Å². The van der Waals surface area contributed by atoms with Crippen LogP contribution < -0.4 is 15.6 Å². The Bertz CT molecular complexity index is 956. The first kappa shape index (κ1) is 19.5. The Morgan fingerprint density at radius 1 is 1.07 bits per heavy atom. The lowest BCUT2D eigenvalue weighted by Crippen LogP contribution is -2.42. The van der Waals surface area contributed by atoms with Gasteiger partial charge in [0.15, 0.2) is 5.58 Å². The van der Waals surface area contributed by atoms with E-state index in [2.05, 4.69) is 20.6 Å². The number of hydrogen-bond acceptors (Lipinski definition) is 6. The van der Waals surface area contributed by atoms with Gasteiger partial charge in [-0.1, -0.05) is 23.9 Å². The van der Waals surface area contributed by atoms with Crippen molar-refractivity contribution in [3.8, 4) is 5.75 Å². The summed E-state index contributed by atoms with van der Waals surface area (Å²) < 4.78 is 45.5. The molecule has 0 atom stereocenters. The Balaban J connectivity index is 1.46. The molecule has 1 aromatic heterocycles. The Labute approximate surface area is 160 Å². The minimum atomic E-state index is -4.82. The Hall–Kier alpha value is -3.21. The van der Waals surface area contributed by atoms with Crippen LogP contribution in [0.4, 0.5) is 13.2 Å². The maximum Gasteiger partial charge on any atom is 0.573 e. The van der Waals surface area contributed by atoms with E-state index in [1.165, 1.54) is 0 Å². The van der Waals surface area contributed by atoms with Gasteiger partial charge in [-0.15, -0.1) is 13.2 Å². The fraction of sp³-hybridized carbons (Fsp3) is 0.118. The van der Waals surface area contributed by atoms with Crippen LogP contribution in [-0.2, 0) is 4.79 Å². The lowest BCUT2D eigenvalue weighted by atomic mass is 10.2. The van der Waals surface area contributed by atoms with Crippen molar-refractivity contribution < 1.29 is 31.9 Å². The van der Waals surface area contributed by atoms with Crippen LogP contribution in [-0.4, -0.2) is 28.9 Å². The van der Waals surface area contributed by atoms with Crippen LogP contribution in [0.2, 0.25) is 0 Å². The number of hydrazine groups is 1. The molecule has 0 saturated carbocycles. The van der Waals surface area contributed by atoms with Gasteiger partial charge < -0.3 is 9.15 Å². The first-order chi connectivity index (χ1) is 13.3. The van der Waals surface area contributed by atoms with Crippen LogP contribution in [0.5, 0.6) is 5.75 Å². The summed E-state index contributed by atoms with van der Waals surface area (Å²) in [5, 5.41) is 0.308. The highest BCUT2D eigenvalue weighted by molar-refractivity contribution is 7.99. The number of ether oxygens (including phenoxy) is 1. The van der Waals surface area contributed by atoms with E-state index in [0.29, 0.717) is 16.3 Å². The van der Waals surface area contributed by atoms with E-state index in [1.54, 1.807) is 18.2 Å². The fourth-order valence-electron chi connectivity index (χ4n) is 2.08. The zero-order valence-corrected chi connectivity index (χ0v) is 14.8. The molecule has 11 heteroatoms. The SMILES string of the molecule is O=C(CSc1nc2ccccc2o1)NNC(=O)c1ccc(OC(F)(F)F)cc1. The molecule has 0 bridgehead atoms. The van der Waals surface area contributed by atoms with Crippen LogP contribution in [0.3, 0.4) is 0 Å². The number of alkyl halides is 3. The van der Waals surface area contributed by atoms with Crippen LogP contribution in [0, 0.1) is 0 Å². The molecule has 0 radical (unpaired) electrons.